The van der Waals surface area contributed by atoms with Gasteiger partial charge in [-0.25, -0.2) is 19.9 Å². The molecule has 4 aromatic rings. The van der Waals surface area contributed by atoms with E-state index in [9.17, 15) is 15.0 Å². The van der Waals surface area contributed by atoms with Crippen molar-refractivity contribution in [1.29, 1.82) is 0 Å². The molecule has 1 amide bonds. The van der Waals surface area contributed by atoms with Crippen molar-refractivity contribution in [3.05, 3.63) is 36.7 Å². The molecule has 3 aromatic heterocycles. The lowest BCUT2D eigenvalue weighted by Crippen LogP contribution is -2.53. The number of nitrogen functional groups attached to an aromatic ring is 1. The highest BCUT2D eigenvalue weighted by Gasteiger charge is 2.45. The third-order valence-electron chi connectivity index (χ3n) is 10.9. The van der Waals surface area contributed by atoms with Crippen LogP contribution in [0.1, 0.15) is 52.6 Å². The number of piperazine rings is 1. The molecule has 0 bridgehead atoms. The number of amides is 1. The van der Waals surface area contributed by atoms with E-state index in [1.54, 1.807) is 4.57 Å². The number of aromatic nitrogens is 6. The maximum absolute atomic E-state index is 12.5. The quantitative estimate of drug-likeness (QED) is 0.150. The number of likely N-dealkylation sites (tertiary alicyclic amines) is 1. The van der Waals surface area contributed by atoms with Crippen LogP contribution in [0.3, 0.4) is 0 Å². The lowest BCUT2D eigenvalue weighted by molar-refractivity contribution is -0.123. The Hall–Kier alpha value is -3.77. The number of aliphatic hydroxyl groups is 2. The topological polar surface area (TPSA) is 190 Å². The van der Waals surface area contributed by atoms with Crippen molar-refractivity contribution in [3.8, 4) is 0 Å². The van der Waals surface area contributed by atoms with Gasteiger partial charge >= 0.3 is 0 Å². The number of nitrogens with two attached hydrogens (primary N) is 1. The predicted molar refractivity (Wildman–Crippen MR) is 198 cm³/mol. The molecule has 3 aliphatic heterocycles. The second kappa shape index (κ2) is 15.3. The van der Waals surface area contributed by atoms with Crippen LogP contribution in [-0.2, 0) is 16.1 Å². The highest BCUT2D eigenvalue weighted by atomic mass is 16.6. The van der Waals surface area contributed by atoms with E-state index in [0.29, 0.717) is 30.3 Å². The smallest absolute Gasteiger partial charge is 0.229 e. The van der Waals surface area contributed by atoms with Gasteiger partial charge in [0.05, 0.1) is 23.9 Å². The molecule has 52 heavy (non-hydrogen) atoms. The summed E-state index contributed by atoms with van der Waals surface area (Å²) in [5, 5.41) is 25.5. The van der Waals surface area contributed by atoms with Crippen molar-refractivity contribution < 1.29 is 19.7 Å². The second-order valence-corrected chi connectivity index (χ2v) is 15.5. The molecule has 0 spiro atoms. The van der Waals surface area contributed by atoms with E-state index in [1.807, 2.05) is 39.0 Å². The summed E-state index contributed by atoms with van der Waals surface area (Å²) in [6, 6.07) is 6.08. The molecule has 0 aliphatic carbocycles. The molecule has 1 aromatic carbocycles. The van der Waals surface area contributed by atoms with Crippen LogP contribution in [0.5, 0.6) is 0 Å². The number of benzene rings is 1. The fourth-order valence-electron chi connectivity index (χ4n) is 7.61. The van der Waals surface area contributed by atoms with E-state index < -0.39 is 30.0 Å². The average Bonchev–Trinajstić information content (AvgIpc) is 3.82. The molecule has 16 nitrogen and oxygen atoms in total. The standard InChI is InChI=1S/C36H54N12O4/c1-5-44-12-14-45(15-13-44)16-17-47(19-27-30(49)31(50)34(52-27)48-22-40-29-32(37)38-21-39-33(29)48)24-8-10-46(11-9-24)20-28-42-25-7-6-23(18-26(25)43-28)41-35(51)36(2,3)4/h6-7,18,21-22,24,27,30-31,34,49-50H,5,8-17,19-20H2,1-4H3,(H,41,51)(H,42,43)(H2,37,38,39)/t27-,30-,31-,34-/m1/s1. The highest BCUT2D eigenvalue weighted by molar-refractivity contribution is 5.96. The highest BCUT2D eigenvalue weighted by Crippen LogP contribution is 2.33. The van der Waals surface area contributed by atoms with Crippen LogP contribution < -0.4 is 11.1 Å². The van der Waals surface area contributed by atoms with Gasteiger partial charge < -0.3 is 35.9 Å². The molecule has 16 heteroatoms. The minimum Gasteiger partial charge on any atom is -0.387 e. The molecule has 3 saturated heterocycles. The molecular weight excluding hydrogens is 664 g/mol. The monoisotopic (exact) mass is 718 g/mol. The molecule has 282 valence electrons. The molecule has 6 heterocycles. The molecule has 0 unspecified atom stereocenters. The van der Waals surface area contributed by atoms with Gasteiger partial charge in [-0.05, 0) is 37.6 Å². The fraction of sp³-hybridized carbons (Fsp3) is 0.639. The number of rotatable bonds is 11. The maximum atomic E-state index is 12.5. The van der Waals surface area contributed by atoms with Gasteiger partial charge in [0.2, 0.25) is 5.91 Å². The summed E-state index contributed by atoms with van der Waals surface area (Å²) in [5.41, 5.74) is 8.95. The van der Waals surface area contributed by atoms with Gasteiger partial charge in [-0.15, -0.1) is 0 Å². The third-order valence-corrected chi connectivity index (χ3v) is 10.9. The Balaban J connectivity index is 1.00. The van der Waals surface area contributed by atoms with Crippen LogP contribution in [0.25, 0.3) is 22.2 Å². The number of carbonyl (C=O) groups excluding carboxylic acids is 1. The number of nitrogens with zero attached hydrogens (tertiary/aromatic N) is 9. The zero-order chi connectivity index (χ0) is 36.6. The van der Waals surface area contributed by atoms with Gasteiger partial charge in [0.25, 0.3) is 0 Å². The van der Waals surface area contributed by atoms with E-state index >= 15 is 0 Å². The normalized spacial score (nSPS) is 24.4. The number of fused-ring (bicyclic) bond motifs is 2. The zero-order valence-electron chi connectivity index (χ0n) is 30.8. The van der Waals surface area contributed by atoms with Crippen LogP contribution in [0, 0.1) is 5.41 Å². The number of aromatic amines is 1. The molecular formula is C36H54N12O4. The summed E-state index contributed by atoms with van der Waals surface area (Å²) in [4.78, 5) is 43.4. The first-order chi connectivity index (χ1) is 25.0. The van der Waals surface area contributed by atoms with E-state index in [0.717, 1.165) is 94.3 Å². The Bertz CT molecular complexity index is 1820. The van der Waals surface area contributed by atoms with Gasteiger partial charge in [-0.2, -0.15) is 0 Å². The lowest BCUT2D eigenvalue weighted by atomic mass is 9.95. The fourth-order valence-corrected chi connectivity index (χ4v) is 7.61. The summed E-state index contributed by atoms with van der Waals surface area (Å²) in [5.74, 6) is 1.12. The lowest BCUT2D eigenvalue weighted by Gasteiger charge is -2.41. The summed E-state index contributed by atoms with van der Waals surface area (Å²) in [6.07, 6.45) is 1.15. The van der Waals surface area contributed by atoms with E-state index in [4.69, 9.17) is 15.5 Å². The summed E-state index contributed by atoms with van der Waals surface area (Å²) in [6.45, 7) is 18.0. The summed E-state index contributed by atoms with van der Waals surface area (Å²) >= 11 is 0. The van der Waals surface area contributed by atoms with Gasteiger partial charge in [-0.1, -0.05) is 27.7 Å². The number of aliphatic hydroxyl groups excluding tert-OH is 2. The summed E-state index contributed by atoms with van der Waals surface area (Å²) in [7, 11) is 0. The molecule has 6 N–H and O–H groups in total. The minimum absolute atomic E-state index is 0.0277. The molecule has 3 aliphatic rings. The Morgan fingerprint density at radius 3 is 2.52 bits per heavy atom. The van der Waals surface area contributed by atoms with Crippen LogP contribution in [0.2, 0.25) is 0 Å². The van der Waals surface area contributed by atoms with Crippen LogP contribution >= 0.6 is 0 Å². The third kappa shape index (κ3) is 7.93. The van der Waals surface area contributed by atoms with Crippen molar-refractivity contribution in [2.24, 2.45) is 5.41 Å². The van der Waals surface area contributed by atoms with Crippen molar-refractivity contribution in [2.75, 3.05) is 76.5 Å². The molecule has 4 atom stereocenters. The Morgan fingerprint density at radius 1 is 1.04 bits per heavy atom. The van der Waals surface area contributed by atoms with Gasteiger partial charge in [0, 0.05) is 76.0 Å². The van der Waals surface area contributed by atoms with Crippen molar-refractivity contribution >= 4 is 39.6 Å². The average molecular weight is 719 g/mol. The number of imidazole rings is 2. The number of carbonyl (C=O) groups is 1. The molecule has 3 fully saturated rings. The van der Waals surface area contributed by atoms with Crippen LogP contribution in [0.4, 0.5) is 11.5 Å². The molecule has 7 rings (SSSR count). The number of piperidine rings is 1. The number of H-pyrrole nitrogens is 1. The minimum atomic E-state index is -1.15. The van der Waals surface area contributed by atoms with Gasteiger partial charge in [-0.3, -0.25) is 24.1 Å². The Labute approximate surface area is 304 Å². The second-order valence-electron chi connectivity index (χ2n) is 15.5. The number of hydrogen-bond acceptors (Lipinski definition) is 13. The van der Waals surface area contributed by atoms with Gasteiger partial charge in [0.1, 0.15) is 36.0 Å². The first-order valence-electron chi connectivity index (χ1n) is 18.6. The molecule has 0 radical (unpaired) electrons. The number of anilines is 2. The van der Waals surface area contributed by atoms with Crippen molar-refractivity contribution in [3.63, 3.8) is 0 Å². The summed E-state index contributed by atoms with van der Waals surface area (Å²) < 4.78 is 8.05. The Kier molecular flexibility index (Phi) is 10.8. The maximum Gasteiger partial charge on any atom is 0.229 e. The van der Waals surface area contributed by atoms with Crippen molar-refractivity contribution in [1.82, 2.24) is 49.1 Å². The number of hydrogen-bond donors (Lipinski definition) is 5. The predicted octanol–water partition coefficient (Wildman–Crippen LogP) is 1.49. The van der Waals surface area contributed by atoms with Crippen molar-refractivity contribution in [2.45, 2.75) is 77.7 Å². The number of ether oxygens (including phenoxy) is 1. The van der Waals surface area contributed by atoms with Crippen LogP contribution in [0.15, 0.2) is 30.9 Å². The van der Waals surface area contributed by atoms with E-state index in [2.05, 4.69) is 51.8 Å². The number of nitrogens with one attached hydrogen (secondary N) is 2. The molecule has 0 saturated carbocycles. The van der Waals surface area contributed by atoms with E-state index in [-0.39, 0.29) is 11.7 Å². The van der Waals surface area contributed by atoms with Crippen LogP contribution in [-0.4, -0.2) is 155 Å². The first kappa shape index (κ1) is 36.6. The zero-order valence-corrected chi connectivity index (χ0v) is 30.8. The SMILES string of the molecule is CCN1CCN(CCN(C[C@H]2O[C@@H](n3cnc4c(N)ncnc43)[C@H](O)[C@@H]2O)C2CCN(Cc3nc4ccc(NC(=O)C(C)(C)C)cc4[nH]3)CC2)CC1. The largest absolute Gasteiger partial charge is 0.387 e. The first-order valence-corrected chi connectivity index (χ1v) is 18.6. The van der Waals surface area contributed by atoms with Gasteiger partial charge in [0.15, 0.2) is 17.7 Å². The van der Waals surface area contributed by atoms with E-state index in [1.165, 1.54) is 12.7 Å². The Morgan fingerprint density at radius 2 is 1.79 bits per heavy atom. The number of likely N-dealkylation sites (N-methyl/N-ethyl adjacent to an activating group) is 1.